The molecule has 7 heteroatoms. The number of aliphatic hydroxyl groups is 1. The number of hydrogen-bond donors (Lipinski definition) is 1. The summed E-state index contributed by atoms with van der Waals surface area (Å²) < 4.78 is 37.7. The van der Waals surface area contributed by atoms with Crippen molar-refractivity contribution in [1.29, 1.82) is 0 Å². The average Bonchev–Trinajstić information content (AvgIpc) is 2.85. The largest absolute Gasteiger partial charge is 0.497 e. The van der Waals surface area contributed by atoms with Crippen LogP contribution in [0.4, 0.5) is 0 Å². The third-order valence-electron chi connectivity index (χ3n) is 7.08. The van der Waals surface area contributed by atoms with Crippen LogP contribution in [0.15, 0.2) is 24.3 Å². The first-order valence-corrected chi connectivity index (χ1v) is 11.4. The summed E-state index contributed by atoms with van der Waals surface area (Å²) in [5, 5.41) is 9.87. The van der Waals surface area contributed by atoms with Gasteiger partial charge in [-0.05, 0) is 48.8 Å². The van der Waals surface area contributed by atoms with Crippen LogP contribution in [0.5, 0.6) is 5.75 Å². The Balaban J connectivity index is 1.95. The van der Waals surface area contributed by atoms with E-state index in [0.29, 0.717) is 37.0 Å². The zero-order chi connectivity index (χ0) is 20.7. The van der Waals surface area contributed by atoms with E-state index in [-0.39, 0.29) is 17.8 Å². The van der Waals surface area contributed by atoms with Gasteiger partial charge in [-0.1, -0.05) is 26.0 Å². The van der Waals surface area contributed by atoms with Gasteiger partial charge in [-0.25, -0.2) is 8.42 Å². The number of ether oxygens (including phenoxy) is 2. The molecule has 0 saturated heterocycles. The molecule has 2 aliphatic rings. The lowest BCUT2D eigenvalue weighted by atomic mass is 9.58. The second-order valence-electron chi connectivity index (χ2n) is 8.66. The summed E-state index contributed by atoms with van der Waals surface area (Å²) in [6, 6.07) is 7.00. The number of methoxy groups -OCH3 is 1. The maximum Gasteiger partial charge on any atom is 0.302 e. The van der Waals surface area contributed by atoms with E-state index in [9.17, 15) is 18.3 Å². The van der Waals surface area contributed by atoms with Gasteiger partial charge in [0.15, 0.2) is 9.84 Å². The molecule has 0 spiro atoms. The molecule has 0 aromatic heterocycles. The van der Waals surface area contributed by atoms with Crippen LogP contribution in [0.25, 0.3) is 0 Å². The van der Waals surface area contributed by atoms with Crippen molar-refractivity contribution in [2.75, 3.05) is 7.11 Å². The summed E-state index contributed by atoms with van der Waals surface area (Å²) in [6.45, 7) is 5.33. The van der Waals surface area contributed by atoms with Crippen LogP contribution < -0.4 is 4.74 Å². The Morgan fingerprint density at radius 2 is 1.89 bits per heavy atom. The SMILES string of the molecule is COc1cccc(CS(=O)(=O)[C@@H]2[C@H](O)CC[C@]3(C)[C@H](OC(C)=O)CC[C@@]23C)c1. The molecule has 2 saturated carbocycles. The maximum absolute atomic E-state index is 13.5. The highest BCUT2D eigenvalue weighted by molar-refractivity contribution is 7.91. The fourth-order valence-electron chi connectivity index (χ4n) is 5.45. The van der Waals surface area contributed by atoms with Gasteiger partial charge in [-0.3, -0.25) is 4.79 Å². The van der Waals surface area contributed by atoms with E-state index in [1.807, 2.05) is 13.8 Å². The molecule has 156 valence electrons. The second kappa shape index (κ2) is 7.34. The fourth-order valence-corrected chi connectivity index (χ4v) is 8.07. The van der Waals surface area contributed by atoms with Gasteiger partial charge >= 0.3 is 5.97 Å². The lowest BCUT2D eigenvalue weighted by molar-refractivity contribution is -0.157. The van der Waals surface area contributed by atoms with Gasteiger partial charge in [-0.15, -0.1) is 0 Å². The van der Waals surface area contributed by atoms with Crippen molar-refractivity contribution in [3.8, 4) is 5.75 Å². The Labute approximate surface area is 167 Å². The van der Waals surface area contributed by atoms with E-state index in [4.69, 9.17) is 9.47 Å². The monoisotopic (exact) mass is 410 g/mol. The van der Waals surface area contributed by atoms with Gasteiger partial charge < -0.3 is 14.6 Å². The summed E-state index contributed by atoms with van der Waals surface area (Å²) in [5.41, 5.74) is -0.510. The number of esters is 1. The topological polar surface area (TPSA) is 89.9 Å². The van der Waals surface area contributed by atoms with Crippen molar-refractivity contribution >= 4 is 15.8 Å². The van der Waals surface area contributed by atoms with Gasteiger partial charge in [-0.2, -0.15) is 0 Å². The molecule has 1 N–H and O–H groups in total. The molecule has 6 nitrogen and oxygen atoms in total. The molecule has 0 bridgehead atoms. The molecule has 2 fully saturated rings. The minimum absolute atomic E-state index is 0.157. The number of benzene rings is 1. The summed E-state index contributed by atoms with van der Waals surface area (Å²) in [6.07, 6.45) is 0.978. The molecule has 0 aliphatic heterocycles. The highest BCUT2D eigenvalue weighted by Crippen LogP contribution is 2.63. The van der Waals surface area contributed by atoms with E-state index in [0.717, 1.165) is 0 Å². The molecule has 28 heavy (non-hydrogen) atoms. The Morgan fingerprint density at radius 3 is 2.54 bits per heavy atom. The van der Waals surface area contributed by atoms with Gasteiger partial charge in [0.05, 0.1) is 24.2 Å². The van der Waals surface area contributed by atoms with Gasteiger partial charge in [0.1, 0.15) is 11.9 Å². The Bertz CT molecular complexity index is 850. The molecular weight excluding hydrogens is 380 g/mol. The van der Waals surface area contributed by atoms with E-state index < -0.39 is 32.0 Å². The minimum atomic E-state index is -3.66. The van der Waals surface area contributed by atoms with Crippen LogP contribution in [0.1, 0.15) is 52.0 Å². The van der Waals surface area contributed by atoms with E-state index in [1.165, 1.54) is 6.92 Å². The Kier molecular flexibility index (Phi) is 5.53. The number of carbonyl (C=O) groups is 1. The first-order valence-electron chi connectivity index (χ1n) is 9.73. The van der Waals surface area contributed by atoms with Crippen molar-refractivity contribution in [2.24, 2.45) is 10.8 Å². The minimum Gasteiger partial charge on any atom is -0.497 e. The number of hydrogen-bond acceptors (Lipinski definition) is 6. The number of carbonyl (C=O) groups excluding carboxylic acids is 1. The van der Waals surface area contributed by atoms with Crippen LogP contribution >= 0.6 is 0 Å². The predicted octanol–water partition coefficient (Wildman–Crippen LogP) is 2.87. The first-order chi connectivity index (χ1) is 13.0. The summed E-state index contributed by atoms with van der Waals surface area (Å²) in [4.78, 5) is 11.6. The van der Waals surface area contributed by atoms with Crippen molar-refractivity contribution in [1.82, 2.24) is 0 Å². The number of fused-ring (bicyclic) bond motifs is 1. The Hall–Kier alpha value is -1.60. The molecule has 2 aliphatic carbocycles. The van der Waals surface area contributed by atoms with Crippen molar-refractivity contribution in [3.63, 3.8) is 0 Å². The fraction of sp³-hybridized carbons (Fsp3) is 0.667. The molecule has 0 radical (unpaired) electrons. The third kappa shape index (κ3) is 3.43. The lowest BCUT2D eigenvalue weighted by Gasteiger charge is -2.53. The van der Waals surface area contributed by atoms with Crippen molar-refractivity contribution in [3.05, 3.63) is 29.8 Å². The molecule has 1 aromatic rings. The van der Waals surface area contributed by atoms with Gasteiger partial charge in [0, 0.05) is 12.3 Å². The molecule has 0 heterocycles. The molecule has 5 atom stereocenters. The Morgan fingerprint density at radius 1 is 1.21 bits per heavy atom. The summed E-state index contributed by atoms with van der Waals surface area (Å²) in [7, 11) is -2.12. The zero-order valence-corrected chi connectivity index (χ0v) is 17.8. The van der Waals surface area contributed by atoms with Crippen LogP contribution in [0.3, 0.4) is 0 Å². The predicted molar refractivity (Wildman–Crippen MR) is 106 cm³/mol. The highest BCUT2D eigenvalue weighted by atomic mass is 32.2. The quantitative estimate of drug-likeness (QED) is 0.751. The third-order valence-corrected chi connectivity index (χ3v) is 9.42. The molecular formula is C21H30O6S. The maximum atomic E-state index is 13.5. The number of aliphatic hydroxyl groups excluding tert-OH is 1. The van der Waals surface area contributed by atoms with Gasteiger partial charge in [0.2, 0.25) is 0 Å². The average molecular weight is 411 g/mol. The first kappa shape index (κ1) is 21.1. The van der Waals surface area contributed by atoms with Crippen LogP contribution in [-0.4, -0.2) is 44.1 Å². The lowest BCUT2D eigenvalue weighted by Crippen LogP contribution is -2.59. The number of sulfone groups is 1. The molecule has 0 unspecified atom stereocenters. The van der Waals surface area contributed by atoms with Crippen LogP contribution in [-0.2, 0) is 25.1 Å². The van der Waals surface area contributed by atoms with Crippen LogP contribution in [0, 0.1) is 10.8 Å². The normalized spacial score (nSPS) is 35.2. The number of rotatable bonds is 5. The highest BCUT2D eigenvalue weighted by Gasteiger charge is 2.65. The van der Waals surface area contributed by atoms with E-state index >= 15 is 0 Å². The zero-order valence-electron chi connectivity index (χ0n) is 17.0. The second-order valence-corrected chi connectivity index (χ2v) is 10.8. The van der Waals surface area contributed by atoms with Crippen molar-refractivity contribution < 1.29 is 27.8 Å². The molecule has 0 amide bonds. The smallest absolute Gasteiger partial charge is 0.302 e. The van der Waals surface area contributed by atoms with Gasteiger partial charge in [0.25, 0.3) is 0 Å². The summed E-state index contributed by atoms with van der Waals surface area (Å²) in [5.74, 6) is 0.0941. The molecule has 3 rings (SSSR count). The van der Waals surface area contributed by atoms with Crippen molar-refractivity contribution in [2.45, 2.75) is 69.7 Å². The molecule has 1 aromatic carbocycles. The van der Waals surface area contributed by atoms with E-state index in [1.54, 1.807) is 31.4 Å². The standard InChI is InChI=1S/C21H30O6S/c1-14(22)27-18-9-11-21(3)19(17(23)8-10-20(18,21)2)28(24,25)13-15-6-5-7-16(12-15)26-4/h5-7,12,17-19,23H,8-11,13H2,1-4H3/t17-,18-,19-,20-,21+/m1/s1. The van der Waals surface area contributed by atoms with E-state index in [2.05, 4.69) is 0 Å². The summed E-state index contributed by atoms with van der Waals surface area (Å²) >= 11 is 0. The van der Waals surface area contributed by atoms with Crippen LogP contribution in [0.2, 0.25) is 0 Å².